The second-order valence-corrected chi connectivity index (χ2v) is 11.1. The van der Waals surface area contributed by atoms with Gasteiger partial charge in [-0.25, -0.2) is 9.13 Å². The Bertz CT molecular complexity index is 733. The number of imidazole rings is 1. The van der Waals surface area contributed by atoms with Gasteiger partial charge in [0.05, 0.1) is 19.5 Å². The van der Waals surface area contributed by atoms with Crippen LogP contribution in [0.3, 0.4) is 0 Å². The topological polar surface area (TPSA) is 8.81 Å². The van der Waals surface area contributed by atoms with E-state index in [-0.39, 0.29) is 0 Å². The van der Waals surface area contributed by atoms with Gasteiger partial charge in [0.1, 0.15) is 12.4 Å². The van der Waals surface area contributed by atoms with Crippen molar-refractivity contribution in [3.63, 3.8) is 0 Å². The second kappa shape index (κ2) is 21.5. The van der Waals surface area contributed by atoms with Crippen LogP contribution in [0.1, 0.15) is 154 Å². The third-order valence-corrected chi connectivity index (χ3v) is 7.80. The van der Waals surface area contributed by atoms with E-state index in [1.807, 2.05) is 0 Å². The molecule has 0 aliphatic carbocycles. The fourth-order valence-electron chi connectivity index (χ4n) is 5.43. The Hall–Kier alpha value is -1.57. The third-order valence-electron chi connectivity index (χ3n) is 7.80. The van der Waals surface area contributed by atoms with Crippen LogP contribution in [0.4, 0.5) is 0 Å². The molecule has 1 aromatic carbocycles. The largest absolute Gasteiger partial charge is 0.260 e. The van der Waals surface area contributed by atoms with Crippen molar-refractivity contribution < 1.29 is 4.57 Å². The van der Waals surface area contributed by atoms with Crippen molar-refractivity contribution in [3.05, 3.63) is 54.1 Å². The van der Waals surface area contributed by atoms with Crippen molar-refractivity contribution in [2.45, 2.75) is 162 Å². The molecule has 0 atom stereocenters. The predicted octanol–water partition coefficient (Wildman–Crippen LogP) is 10.2. The summed E-state index contributed by atoms with van der Waals surface area (Å²) in [6.07, 6.45) is 33.9. The van der Waals surface area contributed by atoms with Crippen molar-refractivity contribution in [1.29, 1.82) is 0 Å². The summed E-state index contributed by atoms with van der Waals surface area (Å²) in [6, 6.07) is 11.0. The molecule has 0 bridgehead atoms. The van der Waals surface area contributed by atoms with Gasteiger partial charge in [0.25, 0.3) is 5.82 Å². The molecule has 0 radical (unpaired) electrons. The molecule has 2 heteroatoms. The lowest BCUT2D eigenvalue weighted by atomic mass is 10.0. The first kappa shape index (κ1) is 30.7. The minimum atomic E-state index is 1.04. The van der Waals surface area contributed by atoms with Crippen LogP contribution in [-0.2, 0) is 19.5 Å². The zero-order chi connectivity index (χ0) is 25.5. The Morgan fingerprint density at radius 1 is 0.556 bits per heavy atom. The highest BCUT2D eigenvalue weighted by Gasteiger charge is 2.17. The molecule has 0 saturated carbocycles. The van der Waals surface area contributed by atoms with E-state index in [1.165, 1.54) is 153 Å². The fourth-order valence-corrected chi connectivity index (χ4v) is 5.43. The van der Waals surface area contributed by atoms with Crippen molar-refractivity contribution >= 4 is 0 Å². The Kier molecular flexibility index (Phi) is 18.3. The molecular formula is C34H59N2+. The molecule has 0 unspecified atom stereocenters. The summed E-state index contributed by atoms with van der Waals surface area (Å²) < 4.78 is 5.08. The molecule has 0 aliphatic heterocycles. The van der Waals surface area contributed by atoms with Crippen LogP contribution in [-0.4, -0.2) is 4.57 Å². The quantitative estimate of drug-likeness (QED) is 0.101. The molecule has 0 fully saturated rings. The molecule has 0 saturated heterocycles. The van der Waals surface area contributed by atoms with Crippen molar-refractivity contribution in [3.8, 4) is 0 Å². The van der Waals surface area contributed by atoms with Gasteiger partial charge < -0.3 is 0 Å². The minimum Gasteiger partial charge on any atom is -0.234 e. The normalized spacial score (nSPS) is 11.4. The van der Waals surface area contributed by atoms with E-state index >= 15 is 0 Å². The van der Waals surface area contributed by atoms with E-state index in [0.717, 1.165) is 6.42 Å². The van der Waals surface area contributed by atoms with Crippen LogP contribution in [0, 0.1) is 0 Å². The monoisotopic (exact) mass is 495 g/mol. The maximum absolute atomic E-state index is 2.55. The van der Waals surface area contributed by atoms with Gasteiger partial charge in [-0.2, -0.15) is 0 Å². The standard InChI is InChI=1S/C34H59N2/c1-3-5-7-9-11-12-13-14-15-16-17-18-20-25-29-36-31-30-35(28-24-19-10-8-6-4-2)34(36)32-33-26-22-21-23-27-33/h21-23,26-27,30-31H,3-20,24-25,28-29,32H2,1-2H3/q+1. The highest BCUT2D eigenvalue weighted by Crippen LogP contribution is 2.14. The molecule has 0 spiro atoms. The number of aryl methyl sites for hydroxylation is 2. The highest BCUT2D eigenvalue weighted by atomic mass is 15.1. The van der Waals surface area contributed by atoms with Gasteiger partial charge in [0, 0.05) is 0 Å². The summed E-state index contributed by atoms with van der Waals surface area (Å²) in [4.78, 5) is 0. The smallest absolute Gasteiger partial charge is 0.234 e. The molecule has 0 amide bonds. The van der Waals surface area contributed by atoms with Crippen LogP contribution >= 0.6 is 0 Å². The second-order valence-electron chi connectivity index (χ2n) is 11.1. The zero-order valence-electron chi connectivity index (χ0n) is 24.2. The molecule has 204 valence electrons. The highest BCUT2D eigenvalue weighted by molar-refractivity contribution is 5.18. The first-order valence-electron chi connectivity index (χ1n) is 16.0. The van der Waals surface area contributed by atoms with Gasteiger partial charge in [-0.1, -0.05) is 147 Å². The Labute approximate surface area is 224 Å². The van der Waals surface area contributed by atoms with Crippen LogP contribution in [0.25, 0.3) is 0 Å². The van der Waals surface area contributed by atoms with E-state index in [2.05, 4.69) is 65.7 Å². The molecule has 1 heterocycles. The molecule has 36 heavy (non-hydrogen) atoms. The molecular weight excluding hydrogens is 436 g/mol. The Morgan fingerprint density at radius 2 is 1.03 bits per heavy atom. The fraction of sp³-hybridized carbons (Fsp3) is 0.735. The van der Waals surface area contributed by atoms with Gasteiger partial charge in [0.2, 0.25) is 0 Å². The maximum atomic E-state index is 2.55. The number of unbranched alkanes of at least 4 members (excludes halogenated alkanes) is 18. The predicted molar refractivity (Wildman–Crippen MR) is 158 cm³/mol. The van der Waals surface area contributed by atoms with Crippen LogP contribution in [0.2, 0.25) is 0 Å². The van der Waals surface area contributed by atoms with E-state index < -0.39 is 0 Å². The molecule has 0 N–H and O–H groups in total. The van der Waals surface area contributed by atoms with Gasteiger partial charge in [0.15, 0.2) is 0 Å². The number of hydrogen-bond donors (Lipinski definition) is 0. The van der Waals surface area contributed by atoms with Gasteiger partial charge >= 0.3 is 0 Å². The summed E-state index contributed by atoms with van der Waals surface area (Å²) in [7, 11) is 0. The molecule has 1 aromatic heterocycles. The first-order chi connectivity index (χ1) is 17.8. The molecule has 2 rings (SSSR count). The molecule has 2 nitrogen and oxygen atoms in total. The van der Waals surface area contributed by atoms with Gasteiger partial charge in [-0.15, -0.1) is 0 Å². The van der Waals surface area contributed by atoms with Crippen molar-refractivity contribution in [2.75, 3.05) is 0 Å². The zero-order valence-corrected chi connectivity index (χ0v) is 24.2. The molecule has 0 aliphatic rings. The van der Waals surface area contributed by atoms with Crippen LogP contribution in [0.5, 0.6) is 0 Å². The summed E-state index contributed by atoms with van der Waals surface area (Å²) in [5.74, 6) is 1.49. The number of hydrogen-bond acceptors (Lipinski definition) is 0. The summed E-state index contributed by atoms with van der Waals surface area (Å²) in [5.41, 5.74) is 1.43. The van der Waals surface area contributed by atoms with E-state index in [1.54, 1.807) is 0 Å². The van der Waals surface area contributed by atoms with Gasteiger partial charge in [-0.05, 0) is 31.2 Å². The Balaban J connectivity index is 1.63. The molecule has 2 aromatic rings. The lowest BCUT2D eigenvalue weighted by Gasteiger charge is -2.07. The lowest BCUT2D eigenvalue weighted by molar-refractivity contribution is -0.703. The van der Waals surface area contributed by atoms with Gasteiger partial charge in [-0.3, -0.25) is 0 Å². The van der Waals surface area contributed by atoms with Crippen LogP contribution in [0.15, 0.2) is 42.7 Å². The maximum Gasteiger partial charge on any atom is 0.260 e. The average Bonchev–Trinajstić information content (AvgIpc) is 3.27. The lowest BCUT2D eigenvalue weighted by Crippen LogP contribution is -2.37. The third kappa shape index (κ3) is 14.2. The van der Waals surface area contributed by atoms with Crippen molar-refractivity contribution in [2.24, 2.45) is 0 Å². The SMILES string of the molecule is CCCCCCCCCCCCCCCC[n+]1ccn(CCCCCCCC)c1Cc1ccccc1. The summed E-state index contributed by atoms with van der Waals surface area (Å²) in [5, 5.41) is 0. The number of nitrogens with zero attached hydrogens (tertiary/aromatic N) is 2. The Morgan fingerprint density at radius 3 is 1.56 bits per heavy atom. The van der Waals surface area contributed by atoms with Crippen LogP contribution < -0.4 is 4.57 Å². The number of rotatable bonds is 24. The summed E-state index contributed by atoms with van der Waals surface area (Å²) in [6.45, 7) is 6.94. The van der Waals surface area contributed by atoms with E-state index in [4.69, 9.17) is 0 Å². The van der Waals surface area contributed by atoms with E-state index in [9.17, 15) is 0 Å². The minimum absolute atomic E-state index is 1.04. The summed E-state index contributed by atoms with van der Waals surface area (Å²) >= 11 is 0. The number of benzene rings is 1. The number of aromatic nitrogens is 2. The van der Waals surface area contributed by atoms with Crippen molar-refractivity contribution in [1.82, 2.24) is 4.57 Å². The average molecular weight is 496 g/mol. The first-order valence-corrected chi connectivity index (χ1v) is 16.0. The van der Waals surface area contributed by atoms with E-state index in [0.29, 0.717) is 0 Å².